The molecule has 126 valence electrons. The molecule has 0 saturated heterocycles. The minimum absolute atomic E-state index is 0.0866. The molecule has 0 bridgehead atoms. The Morgan fingerprint density at radius 1 is 1.25 bits per heavy atom. The van der Waals surface area contributed by atoms with E-state index in [1.807, 2.05) is 6.07 Å². The normalized spacial score (nSPS) is 11.0. The molecule has 2 rings (SSSR count). The lowest BCUT2D eigenvalue weighted by Crippen LogP contribution is -2.24. The van der Waals surface area contributed by atoms with Gasteiger partial charge in [-0.05, 0) is 41.5 Å². The molecule has 2 aromatic carbocycles. The van der Waals surface area contributed by atoms with Crippen molar-refractivity contribution in [1.82, 2.24) is 4.90 Å². The molecule has 24 heavy (non-hydrogen) atoms. The quantitative estimate of drug-likeness (QED) is 0.711. The second-order valence-electron chi connectivity index (χ2n) is 5.11. The molecule has 0 atom stereocenters. The van der Waals surface area contributed by atoms with Gasteiger partial charge in [0, 0.05) is 24.7 Å². The van der Waals surface area contributed by atoms with Gasteiger partial charge in [-0.25, -0.2) is 0 Å². The molecule has 0 aliphatic heterocycles. The molecule has 0 saturated carbocycles. The summed E-state index contributed by atoms with van der Waals surface area (Å²) in [4.78, 5) is 13.6. The van der Waals surface area contributed by atoms with E-state index in [-0.39, 0.29) is 11.7 Å². The Morgan fingerprint density at radius 2 is 1.96 bits per heavy atom. The number of carbonyl (C=O) groups excluding carboxylic acids is 1. The van der Waals surface area contributed by atoms with E-state index in [9.17, 15) is 13.6 Å². The lowest BCUT2D eigenvalue weighted by Gasteiger charge is -2.15. The predicted molar refractivity (Wildman–Crippen MR) is 90.0 cm³/mol. The van der Waals surface area contributed by atoms with Crippen LogP contribution in [0.25, 0.3) is 6.08 Å². The second kappa shape index (κ2) is 8.45. The third-order valence-electron chi connectivity index (χ3n) is 3.21. The first-order valence-corrected chi connectivity index (χ1v) is 7.54. The van der Waals surface area contributed by atoms with Crippen LogP contribution in [0.5, 0.6) is 5.75 Å². The van der Waals surface area contributed by atoms with E-state index in [1.54, 1.807) is 43.5 Å². The molecule has 0 radical (unpaired) electrons. The maximum absolute atomic E-state index is 12.1. The molecule has 3 nitrogen and oxygen atoms in total. The topological polar surface area (TPSA) is 29.5 Å². The van der Waals surface area contributed by atoms with Crippen LogP contribution in [0.2, 0.25) is 5.02 Å². The van der Waals surface area contributed by atoms with Crippen molar-refractivity contribution in [1.29, 1.82) is 0 Å². The van der Waals surface area contributed by atoms with Gasteiger partial charge in [0.1, 0.15) is 5.75 Å². The highest BCUT2D eigenvalue weighted by Gasteiger charge is 2.07. The summed E-state index contributed by atoms with van der Waals surface area (Å²) >= 11 is 5.89. The minimum atomic E-state index is -2.85. The fraction of sp³-hybridized carbons (Fsp3) is 0.167. The Kier molecular flexibility index (Phi) is 6.32. The lowest BCUT2D eigenvalue weighted by molar-refractivity contribution is -0.125. The number of halogens is 3. The van der Waals surface area contributed by atoms with Crippen molar-refractivity contribution in [2.75, 3.05) is 7.05 Å². The third kappa shape index (κ3) is 5.66. The zero-order valence-electron chi connectivity index (χ0n) is 13.0. The van der Waals surface area contributed by atoms with Crippen LogP contribution in [-0.4, -0.2) is 24.5 Å². The van der Waals surface area contributed by atoms with Crippen LogP contribution in [0.4, 0.5) is 8.78 Å². The summed E-state index contributed by atoms with van der Waals surface area (Å²) in [7, 11) is 1.66. The van der Waals surface area contributed by atoms with Gasteiger partial charge in [-0.2, -0.15) is 8.78 Å². The number of amides is 1. The van der Waals surface area contributed by atoms with E-state index in [0.29, 0.717) is 11.6 Å². The van der Waals surface area contributed by atoms with Gasteiger partial charge in [0.05, 0.1) is 0 Å². The number of rotatable bonds is 6. The van der Waals surface area contributed by atoms with Gasteiger partial charge in [0.15, 0.2) is 0 Å². The lowest BCUT2D eigenvalue weighted by atomic mass is 10.2. The summed E-state index contributed by atoms with van der Waals surface area (Å²) in [5.41, 5.74) is 1.64. The molecule has 0 unspecified atom stereocenters. The summed E-state index contributed by atoms with van der Waals surface area (Å²) < 4.78 is 28.5. The maximum atomic E-state index is 12.1. The van der Waals surface area contributed by atoms with Crippen molar-refractivity contribution in [3.63, 3.8) is 0 Å². The fourth-order valence-corrected chi connectivity index (χ4v) is 2.23. The third-order valence-corrected chi connectivity index (χ3v) is 3.45. The first-order valence-electron chi connectivity index (χ1n) is 7.16. The van der Waals surface area contributed by atoms with E-state index < -0.39 is 6.61 Å². The van der Waals surface area contributed by atoms with Crippen molar-refractivity contribution in [3.05, 3.63) is 70.8 Å². The number of nitrogens with zero attached hydrogens (tertiary/aromatic N) is 1. The van der Waals surface area contributed by atoms with Gasteiger partial charge >= 0.3 is 6.61 Å². The largest absolute Gasteiger partial charge is 0.435 e. The number of ether oxygens (including phenoxy) is 1. The summed E-state index contributed by atoms with van der Waals surface area (Å²) in [6.45, 7) is -2.50. The zero-order valence-corrected chi connectivity index (χ0v) is 13.7. The Labute approximate surface area is 144 Å². The zero-order chi connectivity index (χ0) is 17.5. The number of benzene rings is 2. The summed E-state index contributed by atoms with van der Waals surface area (Å²) in [5, 5.41) is 0.601. The van der Waals surface area contributed by atoms with Crippen LogP contribution >= 0.6 is 11.6 Å². The smallest absolute Gasteiger partial charge is 0.387 e. The molecular weight excluding hydrogens is 336 g/mol. The van der Waals surface area contributed by atoms with Crippen LogP contribution in [0.15, 0.2) is 54.6 Å². The van der Waals surface area contributed by atoms with E-state index in [4.69, 9.17) is 11.6 Å². The van der Waals surface area contributed by atoms with Gasteiger partial charge in [0.2, 0.25) is 5.91 Å². The van der Waals surface area contributed by atoms with Crippen LogP contribution < -0.4 is 4.74 Å². The van der Waals surface area contributed by atoms with Crippen LogP contribution in [0.1, 0.15) is 11.1 Å². The molecule has 0 aromatic heterocycles. The van der Waals surface area contributed by atoms with Gasteiger partial charge in [-0.1, -0.05) is 35.9 Å². The van der Waals surface area contributed by atoms with Crippen LogP contribution in [0, 0.1) is 0 Å². The van der Waals surface area contributed by atoms with Crippen LogP contribution in [0.3, 0.4) is 0 Å². The van der Waals surface area contributed by atoms with E-state index in [0.717, 1.165) is 11.1 Å². The molecule has 0 fully saturated rings. The molecular formula is C18H16ClF2NO2. The number of hydrogen-bond acceptors (Lipinski definition) is 2. The molecule has 2 aromatic rings. The number of alkyl halides is 2. The Bertz CT molecular complexity index is 717. The highest BCUT2D eigenvalue weighted by molar-refractivity contribution is 6.30. The average molecular weight is 352 g/mol. The van der Waals surface area contributed by atoms with Gasteiger partial charge in [-0.3, -0.25) is 4.79 Å². The molecule has 0 heterocycles. The first kappa shape index (κ1) is 17.9. The van der Waals surface area contributed by atoms with Crippen LogP contribution in [-0.2, 0) is 11.3 Å². The van der Waals surface area contributed by atoms with Crippen molar-refractivity contribution in [3.8, 4) is 5.75 Å². The maximum Gasteiger partial charge on any atom is 0.387 e. The molecule has 0 aliphatic rings. The van der Waals surface area contributed by atoms with E-state index in [1.165, 1.54) is 23.1 Å². The molecule has 0 spiro atoms. The average Bonchev–Trinajstić information content (AvgIpc) is 2.54. The summed E-state index contributed by atoms with van der Waals surface area (Å²) in [6.07, 6.45) is 3.14. The second-order valence-corrected chi connectivity index (χ2v) is 5.54. The summed E-state index contributed by atoms with van der Waals surface area (Å²) in [6, 6.07) is 13.3. The highest BCUT2D eigenvalue weighted by atomic mass is 35.5. The van der Waals surface area contributed by atoms with Gasteiger partial charge in [-0.15, -0.1) is 0 Å². The molecule has 1 amide bonds. The number of hydrogen-bond donors (Lipinski definition) is 0. The highest BCUT2D eigenvalue weighted by Crippen LogP contribution is 2.16. The SMILES string of the molecule is CN(Cc1ccc(OC(F)F)cc1)C(=O)/C=C/c1cccc(Cl)c1. The van der Waals surface area contributed by atoms with Crippen molar-refractivity contribution in [2.45, 2.75) is 13.2 Å². The fourth-order valence-electron chi connectivity index (χ4n) is 2.03. The first-order chi connectivity index (χ1) is 11.4. The van der Waals surface area contributed by atoms with E-state index in [2.05, 4.69) is 4.74 Å². The Hall–Kier alpha value is -2.40. The van der Waals surface area contributed by atoms with Crippen molar-refractivity contribution < 1.29 is 18.3 Å². The Balaban J connectivity index is 1.93. The van der Waals surface area contributed by atoms with E-state index >= 15 is 0 Å². The summed E-state index contributed by atoms with van der Waals surface area (Å²) in [5.74, 6) is -0.0912. The number of likely N-dealkylation sites (N-methyl/N-ethyl adjacent to an activating group) is 1. The standard InChI is InChI=1S/C18H16ClF2NO2/c1-22(12-14-5-8-16(9-6-14)24-18(20)21)17(23)10-7-13-3-2-4-15(19)11-13/h2-11,18H,12H2,1H3/b10-7+. The molecule has 0 aliphatic carbocycles. The predicted octanol–water partition coefficient (Wildman–Crippen LogP) is 4.61. The van der Waals surface area contributed by atoms with Crippen molar-refractivity contribution >= 4 is 23.6 Å². The monoisotopic (exact) mass is 351 g/mol. The number of carbonyl (C=O) groups is 1. The van der Waals surface area contributed by atoms with Gasteiger partial charge < -0.3 is 9.64 Å². The van der Waals surface area contributed by atoms with Crippen molar-refractivity contribution in [2.24, 2.45) is 0 Å². The Morgan fingerprint density at radius 3 is 2.58 bits per heavy atom. The molecule has 6 heteroatoms. The minimum Gasteiger partial charge on any atom is -0.435 e. The van der Waals surface area contributed by atoms with Gasteiger partial charge in [0.25, 0.3) is 0 Å². The molecule has 0 N–H and O–H groups in total.